The number of methoxy groups -OCH3 is 1. The first-order valence-electron chi connectivity index (χ1n) is 9.56. The highest BCUT2D eigenvalue weighted by atomic mass is 16.5. The third kappa shape index (κ3) is 3.35. The van der Waals surface area contributed by atoms with E-state index in [1.807, 2.05) is 29.2 Å². The van der Waals surface area contributed by atoms with E-state index >= 15 is 0 Å². The summed E-state index contributed by atoms with van der Waals surface area (Å²) in [6.07, 6.45) is 5.12. The minimum atomic E-state index is -0.0545. The molecular formula is C20H27N3O3. The van der Waals surface area contributed by atoms with E-state index in [-0.39, 0.29) is 11.5 Å². The molecule has 6 nitrogen and oxygen atoms in total. The number of carbonyl (C=O) groups is 1. The number of aromatic nitrogens is 2. The number of hydrogen-bond donors (Lipinski definition) is 1. The molecule has 0 radical (unpaired) electrons. The number of carbonyl (C=O) groups excluding carboxylic acids is 1. The smallest absolute Gasteiger partial charge is 0.274 e. The zero-order valence-corrected chi connectivity index (χ0v) is 15.4. The maximum absolute atomic E-state index is 12.9. The molecule has 0 saturated carbocycles. The van der Waals surface area contributed by atoms with E-state index in [9.17, 15) is 4.79 Å². The summed E-state index contributed by atoms with van der Waals surface area (Å²) < 4.78 is 11.4. The Morgan fingerprint density at radius 1 is 1.38 bits per heavy atom. The Kier molecular flexibility index (Phi) is 4.96. The zero-order chi connectivity index (χ0) is 18.0. The van der Waals surface area contributed by atoms with Crippen LogP contribution in [0, 0.1) is 5.92 Å². The molecule has 2 aromatic rings. The van der Waals surface area contributed by atoms with Gasteiger partial charge in [0.25, 0.3) is 5.91 Å². The van der Waals surface area contributed by atoms with Gasteiger partial charge >= 0.3 is 0 Å². The fourth-order valence-electron chi connectivity index (χ4n) is 4.40. The predicted molar refractivity (Wildman–Crippen MR) is 99.1 cm³/mol. The van der Waals surface area contributed by atoms with Crippen molar-refractivity contribution in [2.75, 3.05) is 33.4 Å². The number of nitrogens with one attached hydrogen (secondary N) is 1. The average Bonchev–Trinajstić information content (AvgIpc) is 3.11. The van der Waals surface area contributed by atoms with E-state index < -0.39 is 0 Å². The van der Waals surface area contributed by atoms with Crippen molar-refractivity contribution in [3.05, 3.63) is 30.0 Å². The van der Waals surface area contributed by atoms with Crippen LogP contribution in [0.1, 0.15) is 42.6 Å². The summed E-state index contributed by atoms with van der Waals surface area (Å²) in [4.78, 5) is 14.9. The van der Waals surface area contributed by atoms with Gasteiger partial charge in [-0.3, -0.25) is 9.89 Å². The molecular weight excluding hydrogens is 330 g/mol. The monoisotopic (exact) mass is 357 g/mol. The van der Waals surface area contributed by atoms with Crippen LogP contribution in [-0.4, -0.2) is 60.0 Å². The van der Waals surface area contributed by atoms with E-state index in [2.05, 4.69) is 10.2 Å². The second-order valence-electron chi connectivity index (χ2n) is 7.58. The van der Waals surface area contributed by atoms with Gasteiger partial charge in [0.15, 0.2) is 5.69 Å². The molecule has 1 unspecified atom stereocenters. The van der Waals surface area contributed by atoms with Gasteiger partial charge in [-0.2, -0.15) is 5.10 Å². The topological polar surface area (TPSA) is 67.5 Å². The van der Waals surface area contributed by atoms with Crippen LogP contribution in [0.4, 0.5) is 0 Å². The van der Waals surface area contributed by atoms with E-state index in [1.165, 1.54) is 0 Å². The number of likely N-dealkylation sites (tertiary alicyclic amines) is 1. The van der Waals surface area contributed by atoms with Crippen LogP contribution in [0.25, 0.3) is 10.9 Å². The van der Waals surface area contributed by atoms with Crippen molar-refractivity contribution >= 4 is 16.8 Å². The SMILES string of the molecule is COCCC1CCOC2(CCN(C(=O)c3n[nH]c4ccccc34)CC2)C1. The highest BCUT2D eigenvalue weighted by molar-refractivity contribution is 6.04. The van der Waals surface area contributed by atoms with Crippen molar-refractivity contribution < 1.29 is 14.3 Å². The number of piperidine rings is 1. The predicted octanol–water partition coefficient (Wildman–Crippen LogP) is 3.00. The van der Waals surface area contributed by atoms with Crippen molar-refractivity contribution in [3.8, 4) is 0 Å². The molecule has 1 aromatic carbocycles. The number of aromatic amines is 1. The van der Waals surface area contributed by atoms with Gasteiger partial charge in [0.1, 0.15) is 0 Å². The van der Waals surface area contributed by atoms with E-state index in [1.54, 1.807) is 7.11 Å². The normalized spacial score (nSPS) is 22.8. The average molecular weight is 357 g/mol. The first-order chi connectivity index (χ1) is 12.7. The molecule has 26 heavy (non-hydrogen) atoms. The summed E-state index contributed by atoms with van der Waals surface area (Å²) in [6, 6.07) is 7.78. The molecule has 2 aliphatic heterocycles. The number of hydrogen-bond acceptors (Lipinski definition) is 4. The molecule has 1 N–H and O–H groups in total. The Morgan fingerprint density at radius 2 is 2.19 bits per heavy atom. The number of ether oxygens (including phenoxy) is 2. The molecule has 3 heterocycles. The Balaban J connectivity index is 1.41. The molecule has 0 aliphatic carbocycles. The molecule has 2 aliphatic rings. The minimum Gasteiger partial charge on any atom is -0.385 e. The second kappa shape index (κ2) is 7.37. The van der Waals surface area contributed by atoms with Crippen LogP contribution in [0.2, 0.25) is 0 Å². The van der Waals surface area contributed by atoms with Gasteiger partial charge in [-0.05, 0) is 44.1 Å². The fraction of sp³-hybridized carbons (Fsp3) is 0.600. The highest BCUT2D eigenvalue weighted by Crippen LogP contribution is 2.39. The molecule has 6 heteroatoms. The molecule has 4 rings (SSSR count). The molecule has 1 spiro atoms. The second-order valence-corrected chi connectivity index (χ2v) is 7.58. The summed E-state index contributed by atoms with van der Waals surface area (Å²) in [5, 5.41) is 8.11. The molecule has 140 valence electrons. The van der Waals surface area contributed by atoms with Crippen molar-refractivity contribution in [2.45, 2.75) is 37.7 Å². The maximum Gasteiger partial charge on any atom is 0.274 e. The Hall–Kier alpha value is -1.92. The number of amides is 1. The first-order valence-corrected chi connectivity index (χ1v) is 9.56. The standard InChI is InChI=1S/C20H27N3O3/c1-25-12-6-15-7-13-26-20(14-15)8-10-23(11-9-20)19(24)18-16-4-2-3-5-17(16)21-22-18/h2-5,15H,6-14H2,1H3,(H,21,22). The molecule has 1 amide bonds. The van der Waals surface area contributed by atoms with Gasteiger partial charge < -0.3 is 14.4 Å². The van der Waals surface area contributed by atoms with Crippen LogP contribution in [0.5, 0.6) is 0 Å². The zero-order valence-electron chi connectivity index (χ0n) is 15.4. The lowest BCUT2D eigenvalue weighted by Crippen LogP contribution is -2.51. The maximum atomic E-state index is 12.9. The van der Waals surface area contributed by atoms with Crippen molar-refractivity contribution in [2.24, 2.45) is 5.92 Å². The lowest BCUT2D eigenvalue weighted by Gasteiger charge is -2.46. The van der Waals surface area contributed by atoms with Gasteiger partial charge in [-0.15, -0.1) is 0 Å². The Labute approximate surface area is 153 Å². The molecule has 2 fully saturated rings. The molecule has 0 bridgehead atoms. The van der Waals surface area contributed by atoms with Gasteiger partial charge in [0.2, 0.25) is 0 Å². The fourth-order valence-corrected chi connectivity index (χ4v) is 4.40. The van der Waals surface area contributed by atoms with Crippen molar-refractivity contribution in [1.29, 1.82) is 0 Å². The van der Waals surface area contributed by atoms with Crippen molar-refractivity contribution in [1.82, 2.24) is 15.1 Å². The summed E-state index contributed by atoms with van der Waals surface area (Å²) in [7, 11) is 1.76. The number of rotatable bonds is 4. The van der Waals surface area contributed by atoms with Crippen LogP contribution in [-0.2, 0) is 9.47 Å². The largest absolute Gasteiger partial charge is 0.385 e. The number of H-pyrrole nitrogens is 1. The number of nitrogens with zero attached hydrogens (tertiary/aromatic N) is 2. The molecule has 2 saturated heterocycles. The summed E-state index contributed by atoms with van der Waals surface area (Å²) in [6.45, 7) is 3.11. The third-order valence-electron chi connectivity index (χ3n) is 5.96. The summed E-state index contributed by atoms with van der Waals surface area (Å²) in [5.74, 6) is 0.685. The van der Waals surface area contributed by atoms with Gasteiger partial charge in [0.05, 0.1) is 11.1 Å². The molecule has 1 atom stereocenters. The lowest BCUT2D eigenvalue weighted by atomic mass is 9.78. The lowest BCUT2D eigenvalue weighted by molar-refractivity contribution is -0.125. The summed E-state index contributed by atoms with van der Waals surface area (Å²) in [5.41, 5.74) is 1.38. The third-order valence-corrected chi connectivity index (χ3v) is 5.96. The van der Waals surface area contributed by atoms with Gasteiger partial charge in [-0.1, -0.05) is 18.2 Å². The first kappa shape index (κ1) is 17.5. The molecule has 1 aromatic heterocycles. The van der Waals surface area contributed by atoms with Crippen LogP contribution in [0.15, 0.2) is 24.3 Å². The number of benzene rings is 1. The highest BCUT2D eigenvalue weighted by Gasteiger charge is 2.41. The van der Waals surface area contributed by atoms with Gasteiger partial charge in [-0.25, -0.2) is 0 Å². The summed E-state index contributed by atoms with van der Waals surface area (Å²) >= 11 is 0. The van der Waals surface area contributed by atoms with Crippen LogP contribution in [0.3, 0.4) is 0 Å². The van der Waals surface area contributed by atoms with E-state index in [0.717, 1.165) is 69.3 Å². The Morgan fingerprint density at radius 3 is 3.00 bits per heavy atom. The number of fused-ring (bicyclic) bond motifs is 1. The van der Waals surface area contributed by atoms with E-state index in [0.29, 0.717) is 11.6 Å². The van der Waals surface area contributed by atoms with Crippen LogP contribution < -0.4 is 0 Å². The van der Waals surface area contributed by atoms with Crippen molar-refractivity contribution in [3.63, 3.8) is 0 Å². The Bertz CT molecular complexity index is 765. The minimum absolute atomic E-state index is 0.0176. The number of para-hydroxylation sites is 1. The quantitative estimate of drug-likeness (QED) is 0.913. The van der Waals surface area contributed by atoms with Gasteiger partial charge in [0, 0.05) is 38.8 Å². The van der Waals surface area contributed by atoms with Crippen LogP contribution >= 0.6 is 0 Å². The van der Waals surface area contributed by atoms with E-state index in [4.69, 9.17) is 9.47 Å².